The molecule has 4 aromatic heterocycles. The molecule has 0 aromatic carbocycles. The van der Waals surface area contributed by atoms with Crippen LogP contribution in [0.2, 0.25) is 0 Å². The molecule has 3 aliphatic rings. The first-order valence-electron chi connectivity index (χ1n) is 12.8. The molecule has 4 aromatic rings. The van der Waals surface area contributed by atoms with Crippen LogP contribution in [-0.2, 0) is 36.7 Å². The Morgan fingerprint density at radius 3 is 2.70 bits per heavy atom. The molecule has 0 saturated carbocycles. The molecule has 3 fully saturated rings. The van der Waals surface area contributed by atoms with E-state index < -0.39 is 70.1 Å². The highest BCUT2D eigenvalue weighted by Crippen LogP contribution is 2.58. The number of nitrogens with zero attached hydrogens (tertiary/aromatic N) is 7. The average molecular weight is 658 g/mol. The maximum atomic E-state index is 13.4. The summed E-state index contributed by atoms with van der Waals surface area (Å²) >= 11 is 4.15. The minimum absolute atomic E-state index is 0.0247. The molecule has 0 radical (unpaired) electrons. The molecular formula is C20H24N10O10P2S. The predicted molar refractivity (Wildman–Crippen MR) is 147 cm³/mol. The Morgan fingerprint density at radius 2 is 1.86 bits per heavy atom. The van der Waals surface area contributed by atoms with Gasteiger partial charge in [-0.15, -0.1) is 0 Å². The van der Waals surface area contributed by atoms with Crippen LogP contribution in [0.25, 0.3) is 16.8 Å². The summed E-state index contributed by atoms with van der Waals surface area (Å²) in [6.07, 6.45) is -1.62. The summed E-state index contributed by atoms with van der Waals surface area (Å²) < 4.78 is 63.6. The van der Waals surface area contributed by atoms with Gasteiger partial charge in [0.2, 0.25) is 5.95 Å². The molecule has 0 spiro atoms. The van der Waals surface area contributed by atoms with Gasteiger partial charge in [-0.05, 0) is 0 Å². The second kappa shape index (κ2) is 10.6. The first kappa shape index (κ1) is 28.8. The third-order valence-electron chi connectivity index (χ3n) is 7.12. The minimum atomic E-state index is -4.68. The number of nitrogens with two attached hydrogens (primary N) is 2. The van der Waals surface area contributed by atoms with Crippen molar-refractivity contribution >= 4 is 55.4 Å². The van der Waals surface area contributed by atoms with Gasteiger partial charge < -0.3 is 25.8 Å². The number of hydrogen-bond acceptors (Lipinski definition) is 16. The highest BCUT2D eigenvalue weighted by atomic mass is 32.7. The number of thiol groups is 1. The maximum absolute atomic E-state index is 13.4. The largest absolute Gasteiger partial charge is 0.472 e. The van der Waals surface area contributed by atoms with Crippen LogP contribution in [0, 0.1) is 0 Å². The first-order chi connectivity index (χ1) is 20.5. The minimum Gasteiger partial charge on any atom is -0.381 e. The van der Waals surface area contributed by atoms with E-state index in [-0.39, 0.29) is 35.8 Å². The summed E-state index contributed by atoms with van der Waals surface area (Å²) in [7, 11) is -4.68. The summed E-state index contributed by atoms with van der Waals surface area (Å²) in [5.74, 6) is -0.0183. The number of aromatic amines is 1. The summed E-state index contributed by atoms with van der Waals surface area (Å²) in [6.45, 7) is -4.93. The molecule has 3 aliphatic heterocycles. The van der Waals surface area contributed by atoms with Gasteiger partial charge in [-0.3, -0.25) is 32.4 Å². The van der Waals surface area contributed by atoms with E-state index in [0.29, 0.717) is 11.3 Å². The Hall–Kier alpha value is -2.97. The van der Waals surface area contributed by atoms with Gasteiger partial charge >= 0.3 is 14.6 Å². The van der Waals surface area contributed by atoms with E-state index in [0.717, 1.165) is 0 Å². The molecule has 20 nitrogen and oxygen atoms in total. The van der Waals surface area contributed by atoms with Crippen LogP contribution in [0.3, 0.4) is 0 Å². The number of ether oxygens (including phenoxy) is 2. The fourth-order valence-electron chi connectivity index (χ4n) is 5.28. The van der Waals surface area contributed by atoms with Gasteiger partial charge in [0.15, 0.2) is 28.9 Å². The van der Waals surface area contributed by atoms with Crippen molar-refractivity contribution in [2.75, 3.05) is 24.7 Å². The van der Waals surface area contributed by atoms with Crippen molar-refractivity contribution in [3.8, 4) is 0 Å². The Balaban J connectivity index is 1.17. The van der Waals surface area contributed by atoms with Crippen molar-refractivity contribution in [1.82, 2.24) is 39.1 Å². The molecule has 43 heavy (non-hydrogen) atoms. The van der Waals surface area contributed by atoms with Crippen molar-refractivity contribution in [1.29, 1.82) is 0 Å². The quantitative estimate of drug-likeness (QED) is 0.145. The Bertz CT molecular complexity index is 1870. The van der Waals surface area contributed by atoms with Gasteiger partial charge in [-0.1, -0.05) is 12.2 Å². The number of nitrogen functional groups attached to an aromatic ring is 2. The number of imidazole rings is 2. The zero-order chi connectivity index (χ0) is 30.1. The van der Waals surface area contributed by atoms with Gasteiger partial charge in [0, 0.05) is 12.8 Å². The van der Waals surface area contributed by atoms with Gasteiger partial charge in [0.1, 0.15) is 30.7 Å². The van der Waals surface area contributed by atoms with E-state index >= 15 is 0 Å². The van der Waals surface area contributed by atoms with Crippen LogP contribution in [-0.4, -0.2) is 81.6 Å². The highest BCUT2D eigenvalue weighted by molar-refractivity contribution is 8.44. The number of rotatable bonds is 2. The SMILES string of the molecule is Nc1nc2c(ncn2[C@@H]2O[C@@H]3COP(=O)(O)O[C@H]4C[C@H](c5cnc6c(N)ncnn56)O[C@@H]4COP(=O)(S)O[C@@H]2C3)c(=O)[nH]1. The number of hydrogen-bond donors (Lipinski definition) is 5. The van der Waals surface area contributed by atoms with Crippen LogP contribution in [0.5, 0.6) is 0 Å². The van der Waals surface area contributed by atoms with Crippen LogP contribution in [0.1, 0.15) is 30.9 Å². The fraction of sp³-hybridized carbons (Fsp3) is 0.500. The molecule has 0 amide bonds. The van der Waals surface area contributed by atoms with Gasteiger partial charge in [-0.2, -0.15) is 10.1 Å². The van der Waals surface area contributed by atoms with Crippen molar-refractivity contribution in [3.05, 3.63) is 34.9 Å². The molecule has 7 rings (SSSR count). The molecule has 7 heterocycles. The van der Waals surface area contributed by atoms with Crippen LogP contribution in [0.15, 0.2) is 23.6 Å². The zero-order valence-corrected chi connectivity index (χ0v) is 24.5. The van der Waals surface area contributed by atoms with Crippen LogP contribution >= 0.6 is 26.9 Å². The molecular weight excluding hydrogens is 634 g/mol. The van der Waals surface area contributed by atoms with Crippen LogP contribution < -0.4 is 17.0 Å². The lowest BCUT2D eigenvalue weighted by Gasteiger charge is -2.25. The molecule has 23 heteroatoms. The molecule has 3 saturated heterocycles. The second-order valence-electron chi connectivity index (χ2n) is 9.94. The lowest BCUT2D eigenvalue weighted by Crippen LogP contribution is -2.29. The van der Waals surface area contributed by atoms with Crippen LogP contribution in [0.4, 0.5) is 11.8 Å². The number of phosphoric ester groups is 1. The van der Waals surface area contributed by atoms with Gasteiger partial charge in [-0.25, -0.2) is 28.6 Å². The van der Waals surface area contributed by atoms with Crippen molar-refractivity contribution in [3.63, 3.8) is 0 Å². The average Bonchev–Trinajstić information content (AvgIpc) is 3.71. The monoisotopic (exact) mass is 658 g/mol. The lowest BCUT2D eigenvalue weighted by atomic mass is 10.1. The number of aromatic nitrogens is 8. The van der Waals surface area contributed by atoms with Crippen molar-refractivity contribution in [2.24, 2.45) is 0 Å². The number of fused-ring (bicyclic) bond motifs is 5. The smallest absolute Gasteiger partial charge is 0.381 e. The third kappa shape index (κ3) is 5.46. The Labute approximate surface area is 245 Å². The standard InChI is InChI=1S/C20H24N10O10P2S/c21-15-17-23-3-9(30(17)26-6-24-15)10-2-11-13(38-10)5-36-42(34,43)40-12-1-8(4-35-41(32,33)39-11)37-19(12)29-7-25-14-16(29)27-20(22)28-18(14)31/h3,6-8,10-13,19H,1-2,4-5H2,(H,32,33)(H,34,43)(H2,21,24,26)(H3,22,27,28,31)/t8-,10+,11-,12+,13+,19+,42?/m0/s1. The molecule has 2 unspecified atom stereocenters. The number of nitrogens with one attached hydrogen (secondary N) is 1. The Kier molecular flexibility index (Phi) is 7.08. The summed E-state index contributed by atoms with van der Waals surface area (Å²) in [5, 5.41) is 4.15. The molecule has 8 atom stereocenters. The van der Waals surface area contributed by atoms with E-state index in [9.17, 15) is 18.8 Å². The number of phosphoric acid groups is 1. The summed E-state index contributed by atoms with van der Waals surface area (Å²) in [4.78, 5) is 41.6. The van der Waals surface area contributed by atoms with E-state index in [1.807, 2.05) is 0 Å². The topological polar surface area (TPSA) is 268 Å². The molecule has 230 valence electrons. The Morgan fingerprint density at radius 1 is 1.02 bits per heavy atom. The summed E-state index contributed by atoms with van der Waals surface area (Å²) in [6, 6.07) is 0. The van der Waals surface area contributed by atoms with Gasteiger partial charge in [0.25, 0.3) is 5.56 Å². The first-order valence-corrected chi connectivity index (χ1v) is 16.9. The number of anilines is 2. The van der Waals surface area contributed by atoms with E-state index in [4.69, 9.17) is 39.0 Å². The number of H-pyrrole nitrogens is 1. The predicted octanol–water partition coefficient (Wildman–Crippen LogP) is 0.495. The fourth-order valence-corrected chi connectivity index (χ4v) is 7.75. The third-order valence-corrected chi connectivity index (χ3v) is 9.77. The molecule has 0 aliphatic carbocycles. The van der Waals surface area contributed by atoms with Gasteiger partial charge in [0.05, 0.1) is 37.5 Å². The van der Waals surface area contributed by atoms with Crippen molar-refractivity contribution in [2.45, 2.75) is 49.6 Å². The van der Waals surface area contributed by atoms with E-state index in [2.05, 4.69) is 42.3 Å². The van der Waals surface area contributed by atoms with Crippen molar-refractivity contribution < 1.29 is 41.6 Å². The normalized spacial score (nSPS) is 35.4. The highest BCUT2D eigenvalue weighted by Gasteiger charge is 2.47. The van der Waals surface area contributed by atoms with E-state index in [1.165, 1.54) is 27.9 Å². The second-order valence-corrected chi connectivity index (χ2v) is 14.2. The zero-order valence-electron chi connectivity index (χ0n) is 21.8. The summed E-state index contributed by atoms with van der Waals surface area (Å²) in [5.41, 5.74) is 11.8. The van der Waals surface area contributed by atoms with E-state index in [1.54, 1.807) is 0 Å². The molecule has 2 bridgehead atoms. The lowest BCUT2D eigenvalue weighted by molar-refractivity contribution is -0.0563. The maximum Gasteiger partial charge on any atom is 0.472 e. The molecule has 6 N–H and O–H groups in total.